The highest BCUT2D eigenvalue weighted by Crippen LogP contribution is 2.20. The Hall–Kier alpha value is -2.50. The predicted octanol–water partition coefficient (Wildman–Crippen LogP) is 2.71. The van der Waals surface area contributed by atoms with Gasteiger partial charge in [-0.1, -0.05) is 18.2 Å². The Kier molecular flexibility index (Phi) is 4.82. The van der Waals surface area contributed by atoms with Crippen molar-refractivity contribution in [3.8, 4) is 0 Å². The molecule has 0 spiro atoms. The molecule has 26 heavy (non-hydrogen) atoms. The van der Waals surface area contributed by atoms with E-state index in [2.05, 4.69) is 22.4 Å². The lowest BCUT2D eigenvalue weighted by molar-refractivity contribution is -0.126. The number of piperidine rings is 1. The van der Waals surface area contributed by atoms with Crippen LogP contribution in [0.15, 0.2) is 30.3 Å². The molecule has 2 aromatic rings. The number of H-pyrrole nitrogens is 1. The van der Waals surface area contributed by atoms with Gasteiger partial charge in [-0.05, 0) is 43.2 Å². The van der Waals surface area contributed by atoms with Crippen LogP contribution in [0.1, 0.15) is 31.4 Å². The summed E-state index contributed by atoms with van der Waals surface area (Å²) in [6.07, 6.45) is 3.92. The standard InChI is InChI=1S/C20H26N4O2/c25-19(21-13-17-12-15-6-1-2-8-18(15)22-17)16-7-5-11-24(14-16)20(26)23-9-3-4-10-23/h1-2,6,8,12,16,22H,3-5,7,9-11,13-14H2,(H,21,25). The van der Waals surface area contributed by atoms with Crippen LogP contribution in [0.25, 0.3) is 10.9 Å². The van der Waals surface area contributed by atoms with Crippen LogP contribution in [0.3, 0.4) is 0 Å². The molecular weight excluding hydrogens is 328 g/mol. The predicted molar refractivity (Wildman–Crippen MR) is 101 cm³/mol. The van der Waals surface area contributed by atoms with Gasteiger partial charge in [0.15, 0.2) is 0 Å². The number of benzene rings is 1. The zero-order valence-corrected chi connectivity index (χ0v) is 15.0. The number of nitrogens with one attached hydrogen (secondary N) is 2. The van der Waals surface area contributed by atoms with E-state index in [-0.39, 0.29) is 17.9 Å². The maximum atomic E-state index is 12.6. The Balaban J connectivity index is 1.32. The van der Waals surface area contributed by atoms with Crippen LogP contribution in [0.4, 0.5) is 4.79 Å². The smallest absolute Gasteiger partial charge is 0.320 e. The van der Waals surface area contributed by atoms with Gasteiger partial charge < -0.3 is 20.1 Å². The first-order chi connectivity index (χ1) is 12.7. The number of likely N-dealkylation sites (tertiary alicyclic amines) is 2. The van der Waals surface area contributed by atoms with Gasteiger partial charge >= 0.3 is 6.03 Å². The van der Waals surface area contributed by atoms with Crippen LogP contribution < -0.4 is 5.32 Å². The Morgan fingerprint density at radius 1 is 1.08 bits per heavy atom. The van der Waals surface area contributed by atoms with Gasteiger partial charge in [0.2, 0.25) is 5.91 Å². The minimum atomic E-state index is -0.111. The molecule has 1 aromatic heterocycles. The zero-order valence-electron chi connectivity index (χ0n) is 15.0. The molecule has 0 radical (unpaired) electrons. The minimum absolute atomic E-state index is 0.0441. The molecule has 0 aliphatic carbocycles. The van der Waals surface area contributed by atoms with Gasteiger partial charge in [-0.2, -0.15) is 0 Å². The third-order valence-electron chi connectivity index (χ3n) is 5.48. The van der Waals surface area contributed by atoms with Gasteiger partial charge in [-0.15, -0.1) is 0 Å². The quantitative estimate of drug-likeness (QED) is 0.890. The number of aromatic amines is 1. The Labute approximate surface area is 153 Å². The lowest BCUT2D eigenvalue weighted by atomic mass is 9.97. The van der Waals surface area contributed by atoms with Crippen molar-refractivity contribution < 1.29 is 9.59 Å². The van der Waals surface area contributed by atoms with E-state index in [4.69, 9.17) is 0 Å². The van der Waals surface area contributed by atoms with Gasteiger partial charge in [-0.3, -0.25) is 4.79 Å². The van der Waals surface area contributed by atoms with Crippen LogP contribution in [0.5, 0.6) is 0 Å². The van der Waals surface area contributed by atoms with Crippen LogP contribution in [0, 0.1) is 5.92 Å². The fraction of sp³-hybridized carbons (Fsp3) is 0.500. The van der Waals surface area contributed by atoms with Gasteiger partial charge in [0.1, 0.15) is 0 Å². The number of rotatable bonds is 3. The van der Waals surface area contributed by atoms with Gasteiger partial charge in [-0.25, -0.2) is 4.79 Å². The van der Waals surface area contributed by atoms with Crippen molar-refractivity contribution in [2.24, 2.45) is 5.92 Å². The summed E-state index contributed by atoms with van der Waals surface area (Å²) < 4.78 is 0. The molecule has 2 aliphatic rings. The maximum Gasteiger partial charge on any atom is 0.320 e. The molecule has 2 aliphatic heterocycles. The lowest BCUT2D eigenvalue weighted by Crippen LogP contribution is -2.49. The second-order valence-electron chi connectivity index (χ2n) is 7.36. The SMILES string of the molecule is O=C(NCc1cc2ccccc2[nH]1)C1CCCN(C(=O)N2CCCC2)C1. The molecule has 3 amide bonds. The largest absolute Gasteiger partial charge is 0.357 e. The molecule has 1 unspecified atom stereocenters. The lowest BCUT2D eigenvalue weighted by Gasteiger charge is -2.34. The molecule has 0 saturated carbocycles. The molecule has 1 aromatic carbocycles. The molecule has 2 saturated heterocycles. The van der Waals surface area contributed by atoms with Crippen LogP contribution >= 0.6 is 0 Å². The fourth-order valence-electron chi connectivity index (χ4n) is 4.03. The van der Waals surface area contributed by atoms with E-state index in [1.54, 1.807) is 0 Å². The summed E-state index contributed by atoms with van der Waals surface area (Å²) in [6.45, 7) is 3.50. The average molecular weight is 354 g/mol. The number of para-hydroxylation sites is 1. The van der Waals surface area contributed by atoms with E-state index in [0.717, 1.165) is 61.9 Å². The molecule has 4 rings (SSSR count). The van der Waals surface area contributed by atoms with E-state index in [0.29, 0.717) is 13.1 Å². The third kappa shape index (κ3) is 3.54. The van der Waals surface area contributed by atoms with Gasteiger partial charge in [0.25, 0.3) is 0 Å². The normalized spacial score (nSPS) is 20.5. The summed E-state index contributed by atoms with van der Waals surface area (Å²) in [6, 6.07) is 10.3. The summed E-state index contributed by atoms with van der Waals surface area (Å²) in [5.74, 6) is -0.0674. The second kappa shape index (κ2) is 7.40. The zero-order chi connectivity index (χ0) is 17.9. The Morgan fingerprint density at radius 3 is 2.65 bits per heavy atom. The number of urea groups is 1. The summed E-state index contributed by atoms with van der Waals surface area (Å²) in [7, 11) is 0. The molecule has 1 atom stereocenters. The van der Waals surface area contributed by atoms with Gasteiger partial charge in [0.05, 0.1) is 12.5 Å². The van der Waals surface area contributed by atoms with E-state index in [9.17, 15) is 9.59 Å². The topological polar surface area (TPSA) is 68.4 Å². The number of hydrogen-bond donors (Lipinski definition) is 2. The highest BCUT2D eigenvalue weighted by Gasteiger charge is 2.31. The van der Waals surface area contributed by atoms with Crippen molar-refractivity contribution >= 4 is 22.8 Å². The highest BCUT2D eigenvalue weighted by atomic mass is 16.2. The molecule has 3 heterocycles. The monoisotopic (exact) mass is 354 g/mol. The maximum absolute atomic E-state index is 12.6. The number of fused-ring (bicyclic) bond motifs is 1. The number of carbonyl (C=O) groups is 2. The van der Waals surface area contributed by atoms with Crippen molar-refractivity contribution in [2.45, 2.75) is 32.2 Å². The van der Waals surface area contributed by atoms with Crippen molar-refractivity contribution in [1.29, 1.82) is 0 Å². The van der Waals surface area contributed by atoms with Crippen molar-refractivity contribution in [3.63, 3.8) is 0 Å². The molecular formula is C20H26N4O2. The molecule has 0 bridgehead atoms. The third-order valence-corrected chi connectivity index (χ3v) is 5.48. The van der Waals surface area contributed by atoms with Crippen molar-refractivity contribution in [2.75, 3.05) is 26.2 Å². The summed E-state index contributed by atoms with van der Waals surface area (Å²) in [4.78, 5) is 32.3. The van der Waals surface area contributed by atoms with Crippen molar-refractivity contribution in [3.05, 3.63) is 36.0 Å². The molecule has 138 valence electrons. The van der Waals surface area contributed by atoms with E-state index in [1.807, 2.05) is 28.0 Å². The minimum Gasteiger partial charge on any atom is -0.357 e. The molecule has 6 nitrogen and oxygen atoms in total. The first-order valence-electron chi connectivity index (χ1n) is 9.59. The first kappa shape index (κ1) is 16.9. The van der Waals surface area contributed by atoms with Crippen molar-refractivity contribution in [1.82, 2.24) is 20.1 Å². The fourth-order valence-corrected chi connectivity index (χ4v) is 4.03. The van der Waals surface area contributed by atoms with Crippen LogP contribution in [-0.2, 0) is 11.3 Å². The summed E-state index contributed by atoms with van der Waals surface area (Å²) in [5.41, 5.74) is 2.08. The number of carbonyl (C=O) groups excluding carboxylic acids is 2. The number of amides is 3. The van der Waals surface area contributed by atoms with E-state index in [1.165, 1.54) is 0 Å². The van der Waals surface area contributed by atoms with Gasteiger partial charge in [0, 0.05) is 37.4 Å². The Bertz CT molecular complexity index is 761. The summed E-state index contributed by atoms with van der Waals surface area (Å²) >= 11 is 0. The summed E-state index contributed by atoms with van der Waals surface area (Å²) in [5, 5.41) is 4.19. The highest BCUT2D eigenvalue weighted by molar-refractivity contribution is 5.82. The first-order valence-corrected chi connectivity index (χ1v) is 9.59. The van der Waals surface area contributed by atoms with Crippen LogP contribution in [0.2, 0.25) is 0 Å². The second-order valence-corrected chi connectivity index (χ2v) is 7.36. The Morgan fingerprint density at radius 2 is 1.85 bits per heavy atom. The molecule has 2 N–H and O–H groups in total. The molecule has 6 heteroatoms. The number of aromatic nitrogens is 1. The average Bonchev–Trinajstić information content (AvgIpc) is 3.35. The number of hydrogen-bond acceptors (Lipinski definition) is 2. The van der Waals surface area contributed by atoms with Crippen LogP contribution in [-0.4, -0.2) is 52.9 Å². The molecule has 2 fully saturated rings. The van der Waals surface area contributed by atoms with E-state index >= 15 is 0 Å². The number of nitrogens with zero attached hydrogens (tertiary/aromatic N) is 2. The van der Waals surface area contributed by atoms with E-state index < -0.39 is 0 Å².